The summed E-state index contributed by atoms with van der Waals surface area (Å²) in [7, 11) is 0. The van der Waals surface area contributed by atoms with Crippen LogP contribution >= 0.6 is 0 Å². The molecular weight excluding hydrogens is 236 g/mol. The minimum Gasteiger partial charge on any atom is -0.370 e. The molecule has 0 bridgehead atoms. The fraction of sp³-hybridized carbons (Fsp3) is 0.733. The molecule has 0 aromatic carbocycles. The summed E-state index contributed by atoms with van der Waals surface area (Å²) < 4.78 is 0. The number of anilines is 2. The van der Waals surface area contributed by atoms with Crippen LogP contribution in [-0.2, 0) is 0 Å². The molecule has 0 radical (unpaired) electrons. The van der Waals surface area contributed by atoms with Gasteiger partial charge in [0.1, 0.15) is 5.82 Å². The van der Waals surface area contributed by atoms with Gasteiger partial charge in [0.05, 0.1) is 0 Å². The second-order valence-corrected chi connectivity index (χ2v) is 5.38. The van der Waals surface area contributed by atoms with Gasteiger partial charge in [-0.1, -0.05) is 26.2 Å². The molecule has 0 unspecified atom stereocenters. The maximum absolute atomic E-state index is 4.67. The quantitative estimate of drug-likeness (QED) is 0.826. The molecule has 1 fully saturated rings. The molecular formula is C15H26N4. The summed E-state index contributed by atoms with van der Waals surface area (Å²) in [4.78, 5) is 11.6. The van der Waals surface area contributed by atoms with E-state index in [2.05, 4.69) is 27.1 Å². The Morgan fingerprint density at radius 3 is 2.58 bits per heavy atom. The summed E-state index contributed by atoms with van der Waals surface area (Å²) >= 11 is 0. The van der Waals surface area contributed by atoms with Crippen LogP contribution in [-0.4, -0.2) is 29.6 Å². The molecule has 0 spiro atoms. The van der Waals surface area contributed by atoms with Gasteiger partial charge in [-0.25, -0.2) is 4.98 Å². The lowest BCUT2D eigenvalue weighted by atomic mass is 10.2. The number of unbranched alkanes of at least 4 members (excludes halogenated alkanes) is 1. The average Bonchev–Trinajstić information content (AvgIpc) is 2.67. The zero-order valence-corrected chi connectivity index (χ0v) is 12.3. The van der Waals surface area contributed by atoms with Crippen LogP contribution < -0.4 is 10.2 Å². The van der Waals surface area contributed by atoms with Gasteiger partial charge in [-0.2, -0.15) is 4.98 Å². The number of aromatic nitrogens is 2. The first-order valence-electron chi connectivity index (χ1n) is 7.64. The second-order valence-electron chi connectivity index (χ2n) is 5.38. The first-order chi connectivity index (χ1) is 9.29. The summed E-state index contributed by atoms with van der Waals surface area (Å²) in [6.45, 7) is 7.44. The van der Waals surface area contributed by atoms with E-state index in [0.717, 1.165) is 37.1 Å². The number of hydrogen-bond donors (Lipinski definition) is 1. The number of hydrogen-bond acceptors (Lipinski definition) is 4. The van der Waals surface area contributed by atoms with E-state index >= 15 is 0 Å². The predicted molar refractivity (Wildman–Crippen MR) is 80.8 cm³/mol. The van der Waals surface area contributed by atoms with Crippen molar-refractivity contribution in [3.63, 3.8) is 0 Å². The number of rotatable bonds is 5. The maximum atomic E-state index is 4.67. The van der Waals surface area contributed by atoms with E-state index in [1.807, 2.05) is 13.0 Å². The van der Waals surface area contributed by atoms with Crippen LogP contribution in [0.2, 0.25) is 0 Å². The van der Waals surface area contributed by atoms with Gasteiger partial charge in [-0.3, -0.25) is 0 Å². The lowest BCUT2D eigenvalue weighted by Gasteiger charge is -2.21. The number of nitrogens with one attached hydrogen (secondary N) is 1. The van der Waals surface area contributed by atoms with E-state index in [1.165, 1.54) is 38.5 Å². The predicted octanol–water partition coefficient (Wildman–Crippen LogP) is 3.38. The molecule has 1 N–H and O–H groups in total. The molecule has 19 heavy (non-hydrogen) atoms. The SMILES string of the molecule is CCCCNc1cc(C)nc(N2CCCCCC2)n1. The zero-order chi connectivity index (χ0) is 13.5. The Morgan fingerprint density at radius 2 is 1.89 bits per heavy atom. The molecule has 0 amide bonds. The van der Waals surface area contributed by atoms with Crippen molar-refractivity contribution in [2.45, 2.75) is 52.4 Å². The van der Waals surface area contributed by atoms with Crippen molar-refractivity contribution in [2.75, 3.05) is 29.9 Å². The highest BCUT2D eigenvalue weighted by molar-refractivity contribution is 5.43. The van der Waals surface area contributed by atoms with Gasteiger partial charge in [-0.05, 0) is 26.2 Å². The van der Waals surface area contributed by atoms with Crippen LogP contribution in [0.15, 0.2) is 6.07 Å². The van der Waals surface area contributed by atoms with Crippen LogP contribution in [0.25, 0.3) is 0 Å². The van der Waals surface area contributed by atoms with E-state index in [9.17, 15) is 0 Å². The highest BCUT2D eigenvalue weighted by Gasteiger charge is 2.13. The summed E-state index contributed by atoms with van der Waals surface area (Å²) in [6.07, 6.45) is 7.58. The van der Waals surface area contributed by atoms with Crippen molar-refractivity contribution >= 4 is 11.8 Å². The Labute approximate surface area is 116 Å². The summed E-state index contributed by atoms with van der Waals surface area (Å²) in [5.41, 5.74) is 1.05. The molecule has 1 aromatic rings. The second kappa shape index (κ2) is 7.31. The monoisotopic (exact) mass is 262 g/mol. The standard InChI is InChI=1S/C15H26N4/c1-3-4-9-16-14-12-13(2)17-15(18-14)19-10-7-5-6-8-11-19/h12H,3-11H2,1-2H3,(H,16,17,18). The molecule has 4 heteroatoms. The summed E-state index contributed by atoms with van der Waals surface area (Å²) in [5, 5.41) is 3.40. The van der Waals surface area contributed by atoms with E-state index in [-0.39, 0.29) is 0 Å². The number of aryl methyl sites for hydroxylation is 1. The van der Waals surface area contributed by atoms with Gasteiger partial charge in [0.15, 0.2) is 0 Å². The molecule has 2 heterocycles. The van der Waals surface area contributed by atoms with Gasteiger partial charge < -0.3 is 10.2 Å². The van der Waals surface area contributed by atoms with Crippen molar-refractivity contribution in [1.29, 1.82) is 0 Å². The Balaban J connectivity index is 2.06. The fourth-order valence-corrected chi connectivity index (χ4v) is 2.45. The third-order valence-electron chi connectivity index (χ3n) is 3.57. The molecule has 2 rings (SSSR count). The van der Waals surface area contributed by atoms with Gasteiger partial charge in [-0.15, -0.1) is 0 Å². The van der Waals surface area contributed by atoms with E-state index in [1.54, 1.807) is 0 Å². The molecule has 1 saturated heterocycles. The first-order valence-corrected chi connectivity index (χ1v) is 7.64. The minimum atomic E-state index is 0.904. The molecule has 0 saturated carbocycles. The molecule has 106 valence electrons. The smallest absolute Gasteiger partial charge is 0.227 e. The molecule has 1 aliphatic heterocycles. The Bertz CT molecular complexity index is 384. The lowest BCUT2D eigenvalue weighted by Crippen LogP contribution is -2.26. The molecule has 0 atom stereocenters. The van der Waals surface area contributed by atoms with E-state index < -0.39 is 0 Å². The van der Waals surface area contributed by atoms with Crippen LogP contribution in [0.1, 0.15) is 51.1 Å². The summed E-state index contributed by atoms with van der Waals surface area (Å²) in [5.74, 6) is 1.88. The Hall–Kier alpha value is -1.32. The highest BCUT2D eigenvalue weighted by Crippen LogP contribution is 2.18. The maximum Gasteiger partial charge on any atom is 0.227 e. The largest absolute Gasteiger partial charge is 0.370 e. The van der Waals surface area contributed by atoms with Crippen molar-refractivity contribution in [2.24, 2.45) is 0 Å². The van der Waals surface area contributed by atoms with Gasteiger partial charge in [0, 0.05) is 31.4 Å². The zero-order valence-electron chi connectivity index (χ0n) is 12.3. The molecule has 4 nitrogen and oxygen atoms in total. The number of nitrogens with zero attached hydrogens (tertiary/aromatic N) is 3. The minimum absolute atomic E-state index is 0.904. The average molecular weight is 262 g/mol. The Morgan fingerprint density at radius 1 is 1.16 bits per heavy atom. The van der Waals surface area contributed by atoms with Crippen LogP contribution in [0, 0.1) is 6.92 Å². The van der Waals surface area contributed by atoms with Crippen LogP contribution in [0.3, 0.4) is 0 Å². The Kier molecular flexibility index (Phi) is 5.43. The first kappa shape index (κ1) is 14.1. The topological polar surface area (TPSA) is 41.1 Å². The van der Waals surface area contributed by atoms with Gasteiger partial charge in [0.25, 0.3) is 0 Å². The van der Waals surface area contributed by atoms with E-state index in [4.69, 9.17) is 0 Å². The normalized spacial score (nSPS) is 16.2. The third kappa shape index (κ3) is 4.37. The van der Waals surface area contributed by atoms with Crippen LogP contribution in [0.5, 0.6) is 0 Å². The van der Waals surface area contributed by atoms with Crippen LogP contribution in [0.4, 0.5) is 11.8 Å². The van der Waals surface area contributed by atoms with E-state index in [0.29, 0.717) is 0 Å². The van der Waals surface area contributed by atoms with Crippen molar-refractivity contribution in [3.05, 3.63) is 11.8 Å². The van der Waals surface area contributed by atoms with Gasteiger partial charge in [0.2, 0.25) is 5.95 Å². The highest BCUT2D eigenvalue weighted by atomic mass is 15.3. The van der Waals surface area contributed by atoms with Crippen molar-refractivity contribution < 1.29 is 0 Å². The van der Waals surface area contributed by atoms with Crippen molar-refractivity contribution in [3.8, 4) is 0 Å². The molecule has 1 aromatic heterocycles. The van der Waals surface area contributed by atoms with Crippen molar-refractivity contribution in [1.82, 2.24) is 9.97 Å². The van der Waals surface area contributed by atoms with Gasteiger partial charge >= 0.3 is 0 Å². The third-order valence-corrected chi connectivity index (χ3v) is 3.57. The molecule has 0 aliphatic carbocycles. The fourth-order valence-electron chi connectivity index (χ4n) is 2.45. The lowest BCUT2D eigenvalue weighted by molar-refractivity contribution is 0.726. The molecule has 1 aliphatic rings. The summed E-state index contributed by atoms with van der Waals surface area (Å²) in [6, 6.07) is 2.04.